The van der Waals surface area contributed by atoms with E-state index in [0.29, 0.717) is 28.8 Å². The van der Waals surface area contributed by atoms with Crippen molar-refractivity contribution in [1.29, 1.82) is 0 Å². The van der Waals surface area contributed by atoms with Crippen LogP contribution in [0.25, 0.3) is 11.0 Å². The minimum Gasteiger partial charge on any atom is -0.497 e. The second-order valence-corrected chi connectivity index (χ2v) is 8.59. The molecule has 31 heavy (non-hydrogen) atoms. The fraction of sp³-hybridized carbons (Fsp3) is 0.360. The van der Waals surface area contributed by atoms with Crippen LogP contribution in [-0.2, 0) is 0 Å². The summed E-state index contributed by atoms with van der Waals surface area (Å²) in [6, 6.07) is 10.8. The quantitative estimate of drug-likeness (QED) is 0.664. The van der Waals surface area contributed by atoms with Gasteiger partial charge in [0, 0.05) is 13.0 Å². The summed E-state index contributed by atoms with van der Waals surface area (Å²) >= 11 is 0. The van der Waals surface area contributed by atoms with Crippen molar-refractivity contribution in [3.63, 3.8) is 0 Å². The van der Waals surface area contributed by atoms with Crippen molar-refractivity contribution in [2.24, 2.45) is 0 Å². The maximum Gasteiger partial charge on any atom is 0.290 e. The molecule has 1 amide bonds. The van der Waals surface area contributed by atoms with Crippen molar-refractivity contribution in [3.05, 3.63) is 74.6 Å². The van der Waals surface area contributed by atoms with Gasteiger partial charge in [0.25, 0.3) is 5.91 Å². The summed E-state index contributed by atoms with van der Waals surface area (Å²) in [4.78, 5) is 30.1. The maximum atomic E-state index is 13.6. The first kappa shape index (κ1) is 21.1. The van der Waals surface area contributed by atoms with Gasteiger partial charge in [0.15, 0.2) is 5.43 Å². The average Bonchev–Trinajstić information content (AvgIpc) is 3.02. The molecule has 1 aromatic heterocycles. The Kier molecular flexibility index (Phi) is 5.58. The molecule has 0 unspecified atom stereocenters. The molecule has 0 saturated carbocycles. The fourth-order valence-electron chi connectivity index (χ4n) is 4.27. The summed E-state index contributed by atoms with van der Waals surface area (Å²) < 4.78 is 11.5. The second-order valence-electron chi connectivity index (χ2n) is 8.59. The molecule has 1 atom stereocenters. The molecule has 0 fully saturated rings. The van der Waals surface area contributed by atoms with Crippen molar-refractivity contribution >= 4 is 16.9 Å². The summed E-state index contributed by atoms with van der Waals surface area (Å²) in [7, 11) is 5.78. The number of carbonyl (C=O) groups is 1. The Labute approximate surface area is 182 Å². The van der Waals surface area contributed by atoms with Gasteiger partial charge in [-0.25, -0.2) is 0 Å². The summed E-state index contributed by atoms with van der Waals surface area (Å²) in [6.07, 6.45) is 0.828. The molecule has 0 spiro atoms. The number of amides is 1. The number of hydrogen-bond acceptors (Lipinski definition) is 4. The zero-order valence-electron chi connectivity index (χ0n) is 18.7. The van der Waals surface area contributed by atoms with Gasteiger partial charge in [0.05, 0.1) is 44.7 Å². The van der Waals surface area contributed by atoms with Crippen LogP contribution in [-0.4, -0.2) is 45.1 Å². The summed E-state index contributed by atoms with van der Waals surface area (Å²) in [6.45, 7) is 5.41. The molecule has 4 rings (SSSR count). The van der Waals surface area contributed by atoms with Crippen molar-refractivity contribution in [2.45, 2.75) is 26.3 Å². The molecule has 0 aliphatic carbocycles. The number of fused-ring (bicyclic) bond motifs is 2. The highest BCUT2D eigenvalue weighted by atomic mass is 16.5. The van der Waals surface area contributed by atoms with Crippen LogP contribution in [0.3, 0.4) is 0 Å². The predicted molar refractivity (Wildman–Crippen MR) is 120 cm³/mol. The lowest BCUT2D eigenvalue weighted by Gasteiger charge is -2.25. The number of ether oxygens (including phenoxy) is 1. The van der Waals surface area contributed by atoms with E-state index >= 15 is 0 Å². The van der Waals surface area contributed by atoms with Gasteiger partial charge in [-0.05, 0) is 54.8 Å². The first-order valence-corrected chi connectivity index (χ1v) is 10.6. The molecule has 6 heteroatoms. The molecular weight excluding hydrogens is 392 g/mol. The molecule has 3 aromatic rings. The summed E-state index contributed by atoms with van der Waals surface area (Å²) in [5, 5.41) is 0.516. The zero-order valence-corrected chi connectivity index (χ0v) is 18.7. The Hall–Kier alpha value is -3.12. The van der Waals surface area contributed by atoms with E-state index in [1.54, 1.807) is 12.0 Å². The van der Waals surface area contributed by atoms with E-state index in [4.69, 9.17) is 9.15 Å². The Balaban J connectivity index is 1.91. The van der Waals surface area contributed by atoms with Gasteiger partial charge < -0.3 is 19.0 Å². The average molecular weight is 422 g/mol. The third-order valence-corrected chi connectivity index (χ3v) is 6.07. The number of aryl methyl sites for hydroxylation is 2. The van der Waals surface area contributed by atoms with Crippen LogP contribution in [0.4, 0.5) is 0 Å². The van der Waals surface area contributed by atoms with Gasteiger partial charge in [-0.1, -0.05) is 12.1 Å². The molecule has 1 aliphatic rings. The SMILES string of the molecule is COc1cccc([C@@H]2c3c(oc4cc(C)c(C)cc4c3=O)C(=O)N2CCC[NH+](C)C)c1. The molecule has 2 aromatic carbocycles. The van der Waals surface area contributed by atoms with E-state index < -0.39 is 6.04 Å². The van der Waals surface area contributed by atoms with Crippen LogP contribution in [0.15, 0.2) is 45.6 Å². The Bertz CT molecular complexity index is 1210. The normalized spacial score (nSPS) is 15.7. The third kappa shape index (κ3) is 3.72. The highest BCUT2D eigenvalue weighted by molar-refractivity contribution is 5.99. The number of rotatable bonds is 6. The van der Waals surface area contributed by atoms with Crippen molar-refractivity contribution in [3.8, 4) is 5.75 Å². The third-order valence-electron chi connectivity index (χ3n) is 6.07. The lowest BCUT2D eigenvalue weighted by Crippen LogP contribution is -3.05. The molecule has 0 saturated heterocycles. The first-order chi connectivity index (χ1) is 14.8. The van der Waals surface area contributed by atoms with Crippen molar-refractivity contribution in [1.82, 2.24) is 4.90 Å². The van der Waals surface area contributed by atoms with Gasteiger partial charge in [0.2, 0.25) is 5.76 Å². The van der Waals surface area contributed by atoms with Crippen molar-refractivity contribution < 1.29 is 18.8 Å². The molecular formula is C25H29N2O4+. The van der Waals surface area contributed by atoms with Gasteiger partial charge in [-0.3, -0.25) is 9.59 Å². The highest BCUT2D eigenvalue weighted by Crippen LogP contribution is 2.39. The van der Waals surface area contributed by atoms with E-state index in [2.05, 4.69) is 14.1 Å². The predicted octanol–water partition coefficient (Wildman–Crippen LogP) is 2.50. The maximum absolute atomic E-state index is 13.6. The van der Waals surface area contributed by atoms with E-state index in [9.17, 15) is 9.59 Å². The van der Waals surface area contributed by atoms with Crippen molar-refractivity contribution in [2.75, 3.05) is 34.3 Å². The molecule has 6 nitrogen and oxygen atoms in total. The topological polar surface area (TPSA) is 64.2 Å². The molecule has 1 N–H and O–H groups in total. The number of nitrogens with zero attached hydrogens (tertiary/aromatic N) is 1. The molecule has 1 aliphatic heterocycles. The Morgan fingerprint density at radius 3 is 2.55 bits per heavy atom. The Morgan fingerprint density at radius 1 is 1.10 bits per heavy atom. The van der Waals surface area contributed by atoms with Gasteiger partial charge in [-0.2, -0.15) is 0 Å². The number of carbonyl (C=O) groups excluding carboxylic acids is 1. The van der Waals surface area contributed by atoms with Gasteiger partial charge in [0.1, 0.15) is 11.3 Å². The van der Waals surface area contributed by atoms with Gasteiger partial charge in [-0.15, -0.1) is 0 Å². The van der Waals surface area contributed by atoms with E-state index in [1.807, 2.05) is 50.2 Å². The lowest BCUT2D eigenvalue weighted by atomic mass is 9.97. The number of benzene rings is 2. The molecule has 162 valence electrons. The van der Waals surface area contributed by atoms with Crippen LogP contribution in [0.5, 0.6) is 5.75 Å². The highest BCUT2D eigenvalue weighted by Gasteiger charge is 2.42. The number of quaternary nitrogens is 1. The number of methoxy groups -OCH3 is 1. The van der Waals surface area contributed by atoms with E-state index in [1.165, 1.54) is 4.90 Å². The Morgan fingerprint density at radius 2 is 1.84 bits per heavy atom. The van der Waals surface area contributed by atoms with Crippen LogP contribution < -0.4 is 15.1 Å². The zero-order chi connectivity index (χ0) is 22.3. The number of hydrogen-bond donors (Lipinski definition) is 1. The van der Waals surface area contributed by atoms with Crippen LogP contribution in [0.2, 0.25) is 0 Å². The van der Waals surface area contributed by atoms with Crippen LogP contribution >= 0.6 is 0 Å². The van der Waals surface area contributed by atoms with Crippen LogP contribution in [0.1, 0.15) is 45.3 Å². The van der Waals surface area contributed by atoms with Crippen LogP contribution in [0, 0.1) is 13.8 Å². The molecule has 0 bridgehead atoms. The number of nitrogens with one attached hydrogen (secondary N) is 1. The summed E-state index contributed by atoms with van der Waals surface area (Å²) in [5.74, 6) is 0.618. The molecule has 2 heterocycles. The minimum absolute atomic E-state index is 0.138. The molecule has 0 radical (unpaired) electrons. The van der Waals surface area contributed by atoms with E-state index in [0.717, 1.165) is 29.7 Å². The van der Waals surface area contributed by atoms with Gasteiger partial charge >= 0.3 is 0 Å². The lowest BCUT2D eigenvalue weighted by molar-refractivity contribution is -0.858. The fourth-order valence-corrected chi connectivity index (χ4v) is 4.27. The summed E-state index contributed by atoms with van der Waals surface area (Å²) in [5.41, 5.74) is 3.64. The first-order valence-electron chi connectivity index (χ1n) is 10.6. The smallest absolute Gasteiger partial charge is 0.290 e. The monoisotopic (exact) mass is 421 g/mol. The largest absolute Gasteiger partial charge is 0.497 e. The second kappa shape index (κ2) is 8.19. The van der Waals surface area contributed by atoms with E-state index in [-0.39, 0.29) is 17.1 Å². The standard InChI is InChI=1S/C25H28N2O4/c1-15-12-19-20(13-16(15)2)31-24-21(23(19)28)22(17-8-6-9-18(14-17)30-5)27(25(24)29)11-7-10-26(3)4/h6,8-9,12-14,22H,7,10-11H2,1-5H3/p+1/t22-/m1/s1. The minimum atomic E-state index is -0.489.